The highest BCUT2D eigenvalue weighted by Crippen LogP contribution is 2.55. The third-order valence-corrected chi connectivity index (χ3v) is 5.94. The van der Waals surface area contributed by atoms with Crippen LogP contribution in [-0.4, -0.2) is 37.3 Å². The van der Waals surface area contributed by atoms with E-state index in [2.05, 4.69) is 36.9 Å². The van der Waals surface area contributed by atoms with Crippen molar-refractivity contribution in [2.45, 2.75) is 43.7 Å². The first-order valence-corrected chi connectivity index (χ1v) is 9.01. The molecule has 26 heavy (non-hydrogen) atoms. The Labute approximate surface area is 153 Å². The van der Waals surface area contributed by atoms with Crippen molar-refractivity contribution in [3.05, 3.63) is 65.7 Å². The zero-order chi connectivity index (χ0) is 17.9. The molecule has 2 aromatic rings. The molecule has 0 spiro atoms. The highest BCUT2D eigenvalue weighted by atomic mass is 16.7. The molecule has 3 heterocycles. The molecule has 2 aromatic carbocycles. The Hall–Kier alpha value is -1.92. The van der Waals surface area contributed by atoms with Crippen molar-refractivity contribution < 1.29 is 18.9 Å². The summed E-state index contributed by atoms with van der Waals surface area (Å²) in [5.41, 5.74) is 1.04. The number of nitrogens with zero attached hydrogens (tertiary/aromatic N) is 1. The van der Waals surface area contributed by atoms with Gasteiger partial charge in [-0.25, -0.2) is 4.90 Å². The second kappa shape index (κ2) is 5.54. The Morgan fingerprint density at radius 3 is 2.42 bits per heavy atom. The topological polar surface area (TPSA) is 40.2 Å². The quantitative estimate of drug-likeness (QED) is 0.847. The molecule has 0 saturated carbocycles. The Balaban J connectivity index is 1.57. The molecule has 0 amide bonds. The van der Waals surface area contributed by atoms with Crippen molar-refractivity contribution in [3.63, 3.8) is 0 Å². The fourth-order valence-corrected chi connectivity index (χ4v) is 4.52. The molecule has 5 rings (SSSR count). The molecule has 0 N–H and O–H groups in total. The SMILES string of the molecule is COc1cccc([C@@]2(C)O[C@H]3N4[C@@H](CO[C@@H]42)O[C@@]3(C)c2ccccc2)c1. The summed E-state index contributed by atoms with van der Waals surface area (Å²) in [6.45, 7) is 4.75. The Kier molecular flexibility index (Phi) is 3.46. The first kappa shape index (κ1) is 16.3. The van der Waals surface area contributed by atoms with E-state index in [4.69, 9.17) is 18.9 Å². The molecule has 3 aliphatic rings. The Morgan fingerprint density at radius 1 is 0.923 bits per heavy atom. The van der Waals surface area contributed by atoms with Crippen molar-refractivity contribution in [2.24, 2.45) is 0 Å². The van der Waals surface area contributed by atoms with E-state index in [1.54, 1.807) is 7.11 Å². The van der Waals surface area contributed by atoms with E-state index in [0.717, 1.165) is 16.9 Å². The summed E-state index contributed by atoms with van der Waals surface area (Å²) >= 11 is 0. The van der Waals surface area contributed by atoms with Crippen molar-refractivity contribution in [3.8, 4) is 5.75 Å². The van der Waals surface area contributed by atoms with Crippen LogP contribution in [0.15, 0.2) is 54.6 Å². The third kappa shape index (κ3) is 2.06. The number of hydrogen-bond donors (Lipinski definition) is 0. The molecule has 136 valence electrons. The second-order valence-corrected chi connectivity index (χ2v) is 7.49. The van der Waals surface area contributed by atoms with Gasteiger partial charge in [0.15, 0.2) is 0 Å². The molecule has 3 fully saturated rings. The van der Waals surface area contributed by atoms with E-state index >= 15 is 0 Å². The van der Waals surface area contributed by atoms with Crippen molar-refractivity contribution in [1.82, 2.24) is 4.90 Å². The molecule has 0 bridgehead atoms. The predicted molar refractivity (Wildman–Crippen MR) is 95.5 cm³/mol. The lowest BCUT2D eigenvalue weighted by atomic mass is 9.94. The van der Waals surface area contributed by atoms with Gasteiger partial charge in [0.25, 0.3) is 0 Å². The van der Waals surface area contributed by atoms with Crippen LogP contribution < -0.4 is 4.74 Å². The average Bonchev–Trinajstić information content (AvgIpc) is 3.31. The molecular weight excluding hydrogens is 330 g/mol. The van der Waals surface area contributed by atoms with Gasteiger partial charge in [0.1, 0.15) is 35.6 Å². The van der Waals surface area contributed by atoms with Crippen LogP contribution in [0.1, 0.15) is 25.0 Å². The highest BCUT2D eigenvalue weighted by Gasteiger charge is 2.68. The van der Waals surface area contributed by atoms with Gasteiger partial charge in [-0.15, -0.1) is 0 Å². The van der Waals surface area contributed by atoms with Crippen molar-refractivity contribution >= 4 is 0 Å². The fourth-order valence-electron chi connectivity index (χ4n) is 4.52. The van der Waals surface area contributed by atoms with Gasteiger partial charge < -0.3 is 18.9 Å². The largest absolute Gasteiger partial charge is 0.497 e. The molecule has 3 aliphatic heterocycles. The monoisotopic (exact) mass is 353 g/mol. The first-order chi connectivity index (χ1) is 12.6. The molecule has 5 atom stereocenters. The second-order valence-electron chi connectivity index (χ2n) is 7.49. The van der Waals surface area contributed by atoms with Crippen LogP contribution in [0.5, 0.6) is 5.75 Å². The van der Waals surface area contributed by atoms with Gasteiger partial charge in [-0.1, -0.05) is 42.5 Å². The summed E-state index contributed by atoms with van der Waals surface area (Å²) in [5.74, 6) is 0.816. The molecule has 0 radical (unpaired) electrons. The van der Waals surface area contributed by atoms with E-state index in [-0.39, 0.29) is 18.7 Å². The average molecular weight is 353 g/mol. The van der Waals surface area contributed by atoms with E-state index in [1.165, 1.54) is 0 Å². The number of ether oxygens (including phenoxy) is 4. The molecule has 5 heteroatoms. The van der Waals surface area contributed by atoms with Crippen molar-refractivity contribution in [2.75, 3.05) is 13.7 Å². The van der Waals surface area contributed by atoms with Gasteiger partial charge in [0, 0.05) is 0 Å². The maximum atomic E-state index is 6.68. The molecule has 5 nitrogen and oxygen atoms in total. The normalized spacial score (nSPS) is 38.5. The fraction of sp³-hybridized carbons (Fsp3) is 0.429. The number of benzene rings is 2. The molecular formula is C21H23NO4. The van der Waals surface area contributed by atoms with Crippen molar-refractivity contribution in [1.29, 1.82) is 0 Å². The van der Waals surface area contributed by atoms with Gasteiger partial charge >= 0.3 is 0 Å². The highest BCUT2D eigenvalue weighted by molar-refractivity contribution is 5.35. The van der Waals surface area contributed by atoms with Gasteiger partial charge in [0.05, 0.1) is 13.7 Å². The summed E-state index contributed by atoms with van der Waals surface area (Å²) in [7, 11) is 1.68. The lowest BCUT2D eigenvalue weighted by molar-refractivity contribution is -0.138. The molecule has 0 unspecified atom stereocenters. The van der Waals surface area contributed by atoms with Gasteiger partial charge in [-0.2, -0.15) is 0 Å². The molecule has 0 aliphatic carbocycles. The first-order valence-electron chi connectivity index (χ1n) is 9.01. The summed E-state index contributed by atoms with van der Waals surface area (Å²) in [6, 6.07) is 18.3. The minimum atomic E-state index is -0.590. The number of rotatable bonds is 3. The minimum absolute atomic E-state index is 0.0948. The van der Waals surface area contributed by atoms with Gasteiger partial charge in [-0.05, 0) is 37.1 Å². The lowest BCUT2D eigenvalue weighted by Crippen LogP contribution is -2.40. The van der Waals surface area contributed by atoms with Crippen LogP contribution in [0.25, 0.3) is 0 Å². The Morgan fingerprint density at radius 2 is 1.65 bits per heavy atom. The zero-order valence-corrected chi connectivity index (χ0v) is 15.2. The van der Waals surface area contributed by atoms with E-state index < -0.39 is 11.2 Å². The summed E-state index contributed by atoms with van der Waals surface area (Å²) in [4.78, 5) is 2.24. The predicted octanol–water partition coefficient (Wildman–Crippen LogP) is 3.20. The van der Waals surface area contributed by atoms with Crippen LogP contribution in [-0.2, 0) is 25.4 Å². The van der Waals surface area contributed by atoms with Crippen LogP contribution in [0.2, 0.25) is 0 Å². The minimum Gasteiger partial charge on any atom is -0.497 e. The van der Waals surface area contributed by atoms with Crippen LogP contribution in [0.3, 0.4) is 0 Å². The molecule has 0 aromatic heterocycles. The van der Waals surface area contributed by atoms with Crippen LogP contribution in [0.4, 0.5) is 0 Å². The number of methoxy groups -OCH3 is 1. The van der Waals surface area contributed by atoms with E-state index in [1.807, 2.05) is 36.4 Å². The summed E-state index contributed by atoms with van der Waals surface area (Å²) in [6.07, 6.45) is -0.489. The molecule has 3 saturated heterocycles. The standard InChI is InChI=1S/C21H23NO4/c1-20(14-8-5-4-6-9-14)19-22-17(25-20)13-24-18(22)21(2,26-19)15-10-7-11-16(12-15)23-3/h4-12,17-19H,13H2,1-3H3/t17-,18-,19-,20+,21-/m1/s1. The Bertz CT molecular complexity index is 828. The third-order valence-electron chi connectivity index (χ3n) is 5.94. The smallest absolute Gasteiger partial charge is 0.149 e. The maximum Gasteiger partial charge on any atom is 0.149 e. The number of hydrogen-bond acceptors (Lipinski definition) is 5. The van der Waals surface area contributed by atoms with E-state index in [0.29, 0.717) is 6.61 Å². The summed E-state index contributed by atoms with van der Waals surface area (Å²) in [5, 5.41) is 0. The van der Waals surface area contributed by atoms with Crippen LogP contribution >= 0.6 is 0 Å². The van der Waals surface area contributed by atoms with Gasteiger partial charge in [0.2, 0.25) is 0 Å². The lowest BCUT2D eigenvalue weighted by Gasteiger charge is -2.33. The van der Waals surface area contributed by atoms with Gasteiger partial charge in [-0.3, -0.25) is 0 Å². The summed E-state index contributed by atoms with van der Waals surface area (Å²) < 4.78 is 24.6. The zero-order valence-electron chi connectivity index (χ0n) is 15.2. The van der Waals surface area contributed by atoms with Crippen LogP contribution in [0, 0.1) is 0 Å². The maximum absolute atomic E-state index is 6.68. The van der Waals surface area contributed by atoms with E-state index in [9.17, 15) is 0 Å².